The number of hydrogen-bond acceptors (Lipinski definition) is 4. The Hall–Kier alpha value is -1.21. The SMILES string of the molecule is CCSc1ccc(S(C)(=O)=O)cc1C(=O)N1Cc2cc(Cl)c(Cl)cc2C1. The van der Waals surface area contributed by atoms with Crippen molar-refractivity contribution in [2.24, 2.45) is 0 Å². The number of halogens is 2. The van der Waals surface area contributed by atoms with E-state index in [0.717, 1.165) is 28.0 Å². The zero-order valence-corrected chi connectivity index (χ0v) is 17.4. The number of hydrogen-bond donors (Lipinski definition) is 0. The van der Waals surface area contributed by atoms with Gasteiger partial charge in [0.1, 0.15) is 0 Å². The number of benzene rings is 2. The average molecular weight is 430 g/mol. The van der Waals surface area contributed by atoms with E-state index in [-0.39, 0.29) is 10.8 Å². The Balaban J connectivity index is 1.97. The summed E-state index contributed by atoms with van der Waals surface area (Å²) in [6.07, 6.45) is 1.14. The van der Waals surface area contributed by atoms with Crippen LogP contribution in [0.2, 0.25) is 10.0 Å². The molecule has 0 fully saturated rings. The molecule has 1 aliphatic heterocycles. The van der Waals surface area contributed by atoms with Gasteiger partial charge < -0.3 is 4.90 Å². The number of amides is 1. The summed E-state index contributed by atoms with van der Waals surface area (Å²) in [7, 11) is -3.39. The van der Waals surface area contributed by atoms with E-state index in [1.807, 2.05) is 6.92 Å². The van der Waals surface area contributed by atoms with Gasteiger partial charge in [-0.3, -0.25) is 4.79 Å². The predicted octanol–water partition coefficient (Wildman–Crippen LogP) is 4.66. The Morgan fingerprint density at radius 1 is 1.12 bits per heavy atom. The lowest BCUT2D eigenvalue weighted by Crippen LogP contribution is -2.26. The number of thioether (sulfide) groups is 1. The first-order valence-electron chi connectivity index (χ1n) is 7.93. The number of nitrogens with zero attached hydrogens (tertiary/aromatic N) is 1. The lowest BCUT2D eigenvalue weighted by molar-refractivity contribution is 0.0747. The van der Waals surface area contributed by atoms with Gasteiger partial charge in [-0.2, -0.15) is 0 Å². The lowest BCUT2D eigenvalue weighted by atomic mass is 10.1. The van der Waals surface area contributed by atoms with Crippen LogP contribution in [0.4, 0.5) is 0 Å². The van der Waals surface area contributed by atoms with Crippen molar-refractivity contribution >= 4 is 50.7 Å². The van der Waals surface area contributed by atoms with Crippen LogP contribution < -0.4 is 0 Å². The summed E-state index contributed by atoms with van der Waals surface area (Å²) in [4.78, 5) is 15.7. The number of rotatable bonds is 4. The molecule has 0 radical (unpaired) electrons. The van der Waals surface area contributed by atoms with Crippen LogP contribution in [0.5, 0.6) is 0 Å². The van der Waals surface area contributed by atoms with Gasteiger partial charge >= 0.3 is 0 Å². The van der Waals surface area contributed by atoms with Gasteiger partial charge in [-0.1, -0.05) is 30.1 Å². The fourth-order valence-electron chi connectivity index (χ4n) is 2.89. The molecule has 138 valence electrons. The van der Waals surface area contributed by atoms with Gasteiger partial charge in [0.15, 0.2) is 9.84 Å². The average Bonchev–Trinajstić information content (AvgIpc) is 2.97. The fourth-order valence-corrected chi connectivity index (χ4v) is 4.69. The molecular weight excluding hydrogens is 413 g/mol. The molecule has 0 spiro atoms. The molecule has 2 aromatic rings. The Labute approximate surface area is 167 Å². The van der Waals surface area contributed by atoms with E-state index in [1.165, 1.54) is 17.8 Å². The third-order valence-electron chi connectivity index (χ3n) is 4.16. The van der Waals surface area contributed by atoms with Crippen molar-refractivity contribution < 1.29 is 13.2 Å². The Kier molecular flexibility index (Phi) is 5.58. The molecule has 0 saturated carbocycles. The molecule has 0 saturated heterocycles. The van der Waals surface area contributed by atoms with Crippen LogP contribution in [0.25, 0.3) is 0 Å². The summed E-state index contributed by atoms with van der Waals surface area (Å²) >= 11 is 13.6. The summed E-state index contributed by atoms with van der Waals surface area (Å²) in [5, 5.41) is 0.919. The van der Waals surface area contributed by atoms with E-state index in [0.29, 0.717) is 28.7 Å². The summed E-state index contributed by atoms with van der Waals surface area (Å²) < 4.78 is 23.8. The molecule has 8 heteroatoms. The zero-order chi connectivity index (χ0) is 19.1. The maximum Gasteiger partial charge on any atom is 0.255 e. The zero-order valence-electron chi connectivity index (χ0n) is 14.3. The second-order valence-corrected chi connectivity index (χ2v) is 10.2. The van der Waals surface area contributed by atoms with Crippen LogP contribution in [-0.4, -0.2) is 31.2 Å². The Morgan fingerprint density at radius 2 is 1.69 bits per heavy atom. The minimum absolute atomic E-state index is 0.143. The topological polar surface area (TPSA) is 54.5 Å². The van der Waals surface area contributed by atoms with Crippen LogP contribution in [-0.2, 0) is 22.9 Å². The van der Waals surface area contributed by atoms with Crippen molar-refractivity contribution in [1.82, 2.24) is 4.90 Å². The van der Waals surface area contributed by atoms with E-state index >= 15 is 0 Å². The van der Waals surface area contributed by atoms with E-state index in [1.54, 1.807) is 29.2 Å². The molecule has 0 N–H and O–H groups in total. The molecule has 0 aliphatic carbocycles. The maximum absolute atomic E-state index is 13.1. The molecule has 3 rings (SSSR count). The predicted molar refractivity (Wildman–Crippen MR) is 106 cm³/mol. The molecule has 4 nitrogen and oxygen atoms in total. The number of sulfone groups is 1. The minimum atomic E-state index is -3.39. The maximum atomic E-state index is 13.1. The van der Waals surface area contributed by atoms with E-state index in [4.69, 9.17) is 23.2 Å². The fraction of sp³-hybridized carbons (Fsp3) is 0.278. The summed E-state index contributed by atoms with van der Waals surface area (Å²) in [6, 6.07) is 8.28. The van der Waals surface area contributed by atoms with Gasteiger partial charge in [-0.15, -0.1) is 11.8 Å². The molecule has 1 amide bonds. The van der Waals surface area contributed by atoms with Gasteiger partial charge in [-0.05, 0) is 47.2 Å². The van der Waals surface area contributed by atoms with Crippen LogP contribution in [0.3, 0.4) is 0 Å². The first kappa shape index (κ1) is 19.5. The summed E-state index contributed by atoms with van der Waals surface area (Å²) in [5.74, 6) is 0.583. The van der Waals surface area contributed by atoms with Crippen molar-refractivity contribution in [2.45, 2.75) is 29.8 Å². The second-order valence-electron chi connectivity index (χ2n) is 6.06. The minimum Gasteiger partial charge on any atom is -0.330 e. The summed E-state index contributed by atoms with van der Waals surface area (Å²) in [5.41, 5.74) is 2.32. The third-order valence-corrected chi connectivity index (χ3v) is 6.95. The molecule has 26 heavy (non-hydrogen) atoms. The molecule has 0 aromatic heterocycles. The van der Waals surface area contributed by atoms with Crippen molar-refractivity contribution in [2.75, 3.05) is 12.0 Å². The first-order valence-corrected chi connectivity index (χ1v) is 11.6. The number of carbonyl (C=O) groups is 1. The van der Waals surface area contributed by atoms with Crippen LogP contribution in [0.15, 0.2) is 40.1 Å². The van der Waals surface area contributed by atoms with Crippen molar-refractivity contribution in [3.63, 3.8) is 0 Å². The highest BCUT2D eigenvalue weighted by Crippen LogP contribution is 2.34. The standard InChI is InChI=1S/C18H17Cl2NO3S2/c1-3-25-17-5-4-13(26(2,23)24)8-14(17)18(22)21-9-11-6-15(19)16(20)7-12(11)10-21/h4-8H,3,9-10H2,1-2H3. The Morgan fingerprint density at radius 3 is 2.19 bits per heavy atom. The van der Waals surface area contributed by atoms with E-state index in [2.05, 4.69) is 0 Å². The highest BCUT2D eigenvalue weighted by molar-refractivity contribution is 7.99. The molecule has 0 unspecified atom stereocenters. The van der Waals surface area contributed by atoms with Crippen LogP contribution in [0.1, 0.15) is 28.4 Å². The largest absolute Gasteiger partial charge is 0.330 e. The first-order chi connectivity index (χ1) is 12.2. The van der Waals surface area contributed by atoms with E-state index in [9.17, 15) is 13.2 Å². The quantitative estimate of drug-likeness (QED) is 0.662. The van der Waals surface area contributed by atoms with Gasteiger partial charge in [-0.25, -0.2) is 8.42 Å². The van der Waals surface area contributed by atoms with Gasteiger partial charge in [0, 0.05) is 24.2 Å². The van der Waals surface area contributed by atoms with Crippen molar-refractivity contribution in [1.29, 1.82) is 0 Å². The van der Waals surface area contributed by atoms with Crippen molar-refractivity contribution in [3.05, 3.63) is 57.1 Å². The highest BCUT2D eigenvalue weighted by atomic mass is 35.5. The van der Waals surface area contributed by atoms with Crippen LogP contribution >= 0.6 is 35.0 Å². The molecule has 2 aromatic carbocycles. The molecule has 1 aliphatic rings. The molecular formula is C18H17Cl2NO3S2. The van der Waals surface area contributed by atoms with Gasteiger partial charge in [0.05, 0.1) is 20.5 Å². The summed E-state index contributed by atoms with van der Waals surface area (Å²) in [6.45, 7) is 2.83. The third kappa shape index (κ3) is 3.88. The molecule has 0 atom stereocenters. The number of fused-ring (bicyclic) bond motifs is 1. The van der Waals surface area contributed by atoms with Crippen LogP contribution in [0, 0.1) is 0 Å². The molecule has 1 heterocycles. The highest BCUT2D eigenvalue weighted by Gasteiger charge is 2.27. The normalized spacial score (nSPS) is 13.8. The monoisotopic (exact) mass is 429 g/mol. The van der Waals surface area contributed by atoms with Gasteiger partial charge in [0.25, 0.3) is 5.91 Å². The van der Waals surface area contributed by atoms with Crippen molar-refractivity contribution in [3.8, 4) is 0 Å². The number of carbonyl (C=O) groups excluding carboxylic acids is 1. The smallest absolute Gasteiger partial charge is 0.255 e. The lowest BCUT2D eigenvalue weighted by Gasteiger charge is -2.18. The second kappa shape index (κ2) is 7.43. The van der Waals surface area contributed by atoms with Gasteiger partial charge in [0.2, 0.25) is 0 Å². The molecule has 0 bridgehead atoms. The Bertz CT molecular complexity index is 959. The van der Waals surface area contributed by atoms with E-state index < -0.39 is 9.84 Å².